The first-order chi connectivity index (χ1) is 6.51. The smallest absolute Gasteiger partial charge is 0.0698 e. The van der Waals surface area contributed by atoms with Crippen LogP contribution in [0.15, 0.2) is 0 Å². The average molecular weight is 201 g/mol. The van der Waals surface area contributed by atoms with Crippen molar-refractivity contribution in [3.63, 3.8) is 0 Å². The molecule has 0 aromatic heterocycles. The van der Waals surface area contributed by atoms with Gasteiger partial charge in [0.25, 0.3) is 0 Å². The highest BCUT2D eigenvalue weighted by molar-refractivity contribution is 4.75. The van der Waals surface area contributed by atoms with Crippen molar-refractivity contribution in [1.29, 1.82) is 0 Å². The predicted molar refractivity (Wildman–Crippen MR) is 57.4 cm³/mol. The number of likely N-dealkylation sites (tertiary alicyclic amines) is 1. The van der Waals surface area contributed by atoms with Crippen LogP contribution in [0.3, 0.4) is 0 Å². The minimum atomic E-state index is -0.542. The molecule has 0 bridgehead atoms. The van der Waals surface area contributed by atoms with E-state index in [2.05, 4.69) is 4.90 Å². The molecule has 14 heavy (non-hydrogen) atoms. The molecule has 1 unspecified atom stereocenters. The number of ether oxygens (including phenoxy) is 1. The Morgan fingerprint density at radius 2 is 2.21 bits per heavy atom. The molecule has 1 aliphatic rings. The van der Waals surface area contributed by atoms with Gasteiger partial charge in [0.1, 0.15) is 0 Å². The van der Waals surface area contributed by atoms with Gasteiger partial charge in [0, 0.05) is 20.2 Å². The van der Waals surface area contributed by atoms with Crippen LogP contribution in [-0.2, 0) is 4.74 Å². The van der Waals surface area contributed by atoms with Gasteiger partial charge in [0.15, 0.2) is 0 Å². The maximum Gasteiger partial charge on any atom is 0.0698 e. The Bertz CT molecular complexity index is 165. The number of aliphatic hydroxyl groups is 1. The highest BCUT2D eigenvalue weighted by Crippen LogP contribution is 2.15. The summed E-state index contributed by atoms with van der Waals surface area (Å²) in [5.41, 5.74) is -0.542. The molecule has 0 aromatic carbocycles. The highest BCUT2D eigenvalue weighted by atomic mass is 16.5. The predicted octanol–water partition coefficient (Wildman–Crippen LogP) is 1.26. The average Bonchev–Trinajstić information content (AvgIpc) is 2.14. The van der Waals surface area contributed by atoms with Gasteiger partial charge in [-0.15, -0.1) is 0 Å². The summed E-state index contributed by atoms with van der Waals surface area (Å²) in [4.78, 5) is 2.38. The Labute approximate surface area is 87.1 Å². The normalized spacial score (nSPS) is 25.3. The first kappa shape index (κ1) is 12.0. The third-order valence-corrected chi connectivity index (χ3v) is 2.84. The van der Waals surface area contributed by atoms with Gasteiger partial charge in [-0.25, -0.2) is 0 Å². The van der Waals surface area contributed by atoms with E-state index in [1.165, 1.54) is 12.8 Å². The van der Waals surface area contributed by atoms with E-state index in [1.54, 1.807) is 7.11 Å². The number of hydrogen-bond donors (Lipinski definition) is 1. The number of rotatable bonds is 4. The fourth-order valence-electron chi connectivity index (χ4n) is 1.84. The van der Waals surface area contributed by atoms with Crippen LogP contribution < -0.4 is 0 Å². The summed E-state index contributed by atoms with van der Waals surface area (Å²) in [7, 11) is 1.78. The quantitative estimate of drug-likeness (QED) is 0.743. The molecule has 1 heterocycles. The maximum atomic E-state index is 9.61. The first-order valence-corrected chi connectivity index (χ1v) is 5.49. The standard InChI is InChI=1S/C11H23NO2/c1-11(2,13)6-8-12-7-4-5-10(9-12)14-3/h10,13H,4-9H2,1-3H3. The van der Waals surface area contributed by atoms with Crippen molar-refractivity contribution in [2.45, 2.75) is 44.8 Å². The van der Waals surface area contributed by atoms with Gasteiger partial charge >= 0.3 is 0 Å². The van der Waals surface area contributed by atoms with Gasteiger partial charge in [0.2, 0.25) is 0 Å². The molecule has 1 fully saturated rings. The lowest BCUT2D eigenvalue weighted by Gasteiger charge is -2.33. The van der Waals surface area contributed by atoms with Crippen LogP contribution in [0.25, 0.3) is 0 Å². The lowest BCUT2D eigenvalue weighted by atomic mass is 10.0. The second-order valence-corrected chi connectivity index (χ2v) is 4.86. The molecule has 0 amide bonds. The molecule has 1 N–H and O–H groups in total. The van der Waals surface area contributed by atoms with Crippen LogP contribution in [0.1, 0.15) is 33.1 Å². The van der Waals surface area contributed by atoms with Gasteiger partial charge in [-0.2, -0.15) is 0 Å². The Balaban J connectivity index is 2.24. The van der Waals surface area contributed by atoms with Crippen LogP contribution in [0, 0.1) is 0 Å². The SMILES string of the molecule is COC1CCCN(CCC(C)(C)O)C1. The van der Waals surface area contributed by atoms with E-state index in [-0.39, 0.29) is 0 Å². The van der Waals surface area contributed by atoms with Crippen LogP contribution in [0.4, 0.5) is 0 Å². The zero-order chi connectivity index (χ0) is 10.6. The van der Waals surface area contributed by atoms with E-state index in [9.17, 15) is 5.11 Å². The fraction of sp³-hybridized carbons (Fsp3) is 1.00. The van der Waals surface area contributed by atoms with Crippen molar-refractivity contribution >= 4 is 0 Å². The lowest BCUT2D eigenvalue weighted by Crippen LogP contribution is -2.41. The monoisotopic (exact) mass is 201 g/mol. The first-order valence-electron chi connectivity index (χ1n) is 5.49. The summed E-state index contributed by atoms with van der Waals surface area (Å²) < 4.78 is 5.35. The maximum absolute atomic E-state index is 9.61. The number of hydrogen-bond acceptors (Lipinski definition) is 3. The molecular weight excluding hydrogens is 178 g/mol. The molecule has 0 spiro atoms. The summed E-state index contributed by atoms with van der Waals surface area (Å²) >= 11 is 0. The summed E-state index contributed by atoms with van der Waals surface area (Å²) in [5, 5.41) is 9.61. The minimum absolute atomic E-state index is 0.394. The second kappa shape index (κ2) is 5.10. The molecule has 3 heteroatoms. The van der Waals surface area contributed by atoms with E-state index in [1.807, 2.05) is 13.8 Å². The van der Waals surface area contributed by atoms with E-state index < -0.39 is 5.60 Å². The third-order valence-electron chi connectivity index (χ3n) is 2.84. The topological polar surface area (TPSA) is 32.7 Å². The van der Waals surface area contributed by atoms with Crippen molar-refractivity contribution < 1.29 is 9.84 Å². The third kappa shape index (κ3) is 4.40. The summed E-state index contributed by atoms with van der Waals surface area (Å²) in [6.07, 6.45) is 3.62. The molecule has 0 saturated carbocycles. The van der Waals surface area contributed by atoms with Gasteiger partial charge in [-0.05, 0) is 39.7 Å². The molecule has 1 saturated heterocycles. The number of methoxy groups -OCH3 is 1. The van der Waals surface area contributed by atoms with Gasteiger partial charge in [0.05, 0.1) is 11.7 Å². The molecular formula is C11H23NO2. The Kier molecular flexibility index (Phi) is 4.35. The van der Waals surface area contributed by atoms with Crippen molar-refractivity contribution in [2.75, 3.05) is 26.7 Å². The largest absolute Gasteiger partial charge is 0.390 e. The molecule has 3 nitrogen and oxygen atoms in total. The number of piperidine rings is 1. The molecule has 0 radical (unpaired) electrons. The molecule has 1 aliphatic heterocycles. The van der Waals surface area contributed by atoms with Gasteiger partial charge in [-0.1, -0.05) is 0 Å². The van der Waals surface area contributed by atoms with Crippen molar-refractivity contribution in [3.05, 3.63) is 0 Å². The second-order valence-electron chi connectivity index (χ2n) is 4.86. The lowest BCUT2D eigenvalue weighted by molar-refractivity contribution is 0.0133. The summed E-state index contributed by atoms with van der Waals surface area (Å²) in [6, 6.07) is 0. The van der Waals surface area contributed by atoms with E-state index in [0.29, 0.717) is 6.10 Å². The number of nitrogens with zero attached hydrogens (tertiary/aromatic N) is 1. The van der Waals surface area contributed by atoms with Crippen molar-refractivity contribution in [2.24, 2.45) is 0 Å². The molecule has 0 aliphatic carbocycles. The van der Waals surface area contributed by atoms with E-state index in [0.717, 1.165) is 26.1 Å². The van der Waals surface area contributed by atoms with E-state index in [4.69, 9.17) is 4.74 Å². The van der Waals surface area contributed by atoms with Crippen LogP contribution >= 0.6 is 0 Å². The summed E-state index contributed by atoms with van der Waals surface area (Å²) in [6.45, 7) is 6.88. The Morgan fingerprint density at radius 3 is 2.79 bits per heavy atom. The van der Waals surface area contributed by atoms with Crippen LogP contribution in [0.5, 0.6) is 0 Å². The fourth-order valence-corrected chi connectivity index (χ4v) is 1.84. The van der Waals surface area contributed by atoms with Crippen molar-refractivity contribution in [1.82, 2.24) is 4.90 Å². The highest BCUT2D eigenvalue weighted by Gasteiger charge is 2.21. The summed E-state index contributed by atoms with van der Waals surface area (Å²) in [5.74, 6) is 0. The zero-order valence-corrected chi connectivity index (χ0v) is 9.62. The molecule has 84 valence electrons. The zero-order valence-electron chi connectivity index (χ0n) is 9.62. The van der Waals surface area contributed by atoms with Gasteiger partial charge in [-0.3, -0.25) is 0 Å². The van der Waals surface area contributed by atoms with Gasteiger partial charge < -0.3 is 14.7 Å². The Hall–Kier alpha value is -0.120. The molecule has 0 aromatic rings. The molecule has 1 rings (SSSR count). The van der Waals surface area contributed by atoms with Crippen LogP contribution in [-0.4, -0.2) is 48.5 Å². The van der Waals surface area contributed by atoms with E-state index >= 15 is 0 Å². The minimum Gasteiger partial charge on any atom is -0.390 e. The Morgan fingerprint density at radius 1 is 1.50 bits per heavy atom. The van der Waals surface area contributed by atoms with Crippen LogP contribution in [0.2, 0.25) is 0 Å². The van der Waals surface area contributed by atoms with Crippen molar-refractivity contribution in [3.8, 4) is 0 Å². The molecule has 1 atom stereocenters.